The minimum absolute atomic E-state index is 0.137. The summed E-state index contributed by atoms with van der Waals surface area (Å²) < 4.78 is 16.5. The Morgan fingerprint density at radius 2 is 1.85 bits per heavy atom. The fourth-order valence-corrected chi connectivity index (χ4v) is 4.43. The molecule has 0 radical (unpaired) electrons. The number of benzene rings is 2. The highest BCUT2D eigenvalue weighted by molar-refractivity contribution is 7.98. The number of hydrogen-bond donors (Lipinski definition) is 1. The number of allylic oxidation sites excluding steroid dienone is 1. The van der Waals surface area contributed by atoms with Gasteiger partial charge in [-0.05, 0) is 55.5 Å². The van der Waals surface area contributed by atoms with Gasteiger partial charge in [0.05, 0.1) is 25.8 Å². The number of nitrogens with zero attached hydrogens (tertiary/aromatic N) is 3. The van der Waals surface area contributed by atoms with E-state index in [0.29, 0.717) is 29.8 Å². The lowest BCUT2D eigenvalue weighted by Crippen LogP contribution is -2.46. The average Bonchev–Trinajstić information content (AvgIpc) is 3.35. The maximum atomic E-state index is 12.9. The van der Waals surface area contributed by atoms with Crippen LogP contribution in [0.1, 0.15) is 37.8 Å². The zero-order valence-corrected chi connectivity index (χ0v) is 20.7. The molecule has 1 unspecified atom stereocenters. The predicted octanol–water partition coefficient (Wildman–Crippen LogP) is 5.38. The van der Waals surface area contributed by atoms with E-state index in [1.54, 1.807) is 43.0 Å². The first-order valence-corrected chi connectivity index (χ1v) is 12.2. The maximum Gasteiger partial charge on any atom is 0.322 e. The number of amides is 2. The van der Waals surface area contributed by atoms with Crippen LogP contribution in [0.4, 0.5) is 4.79 Å². The van der Waals surface area contributed by atoms with Gasteiger partial charge in [0.15, 0.2) is 11.5 Å². The summed E-state index contributed by atoms with van der Waals surface area (Å²) in [7, 11) is 3.17. The van der Waals surface area contributed by atoms with Crippen LogP contribution in [0.5, 0.6) is 11.5 Å². The SMILES string of the molecule is CCCN1C(=O)NC(c2ccc(SC)cc2)C(c2nc(-c3ccc(OC)c(OC)c3)no2)=C1C. The molecule has 1 aromatic heterocycles. The van der Waals surface area contributed by atoms with E-state index in [4.69, 9.17) is 19.0 Å². The summed E-state index contributed by atoms with van der Waals surface area (Å²) in [5.41, 5.74) is 3.26. The first-order valence-electron chi connectivity index (χ1n) is 11.0. The van der Waals surface area contributed by atoms with E-state index < -0.39 is 6.04 Å². The number of ether oxygens (including phenoxy) is 2. The van der Waals surface area contributed by atoms with E-state index in [-0.39, 0.29) is 6.03 Å². The van der Waals surface area contributed by atoms with Crippen molar-refractivity contribution in [2.45, 2.75) is 31.2 Å². The summed E-state index contributed by atoms with van der Waals surface area (Å²) in [6.45, 7) is 4.55. The second kappa shape index (κ2) is 10.2. The van der Waals surface area contributed by atoms with Crippen LogP contribution in [-0.4, -0.2) is 48.1 Å². The molecule has 1 aliphatic rings. The number of methoxy groups -OCH3 is 2. The van der Waals surface area contributed by atoms with Crippen LogP contribution >= 0.6 is 11.8 Å². The first-order chi connectivity index (χ1) is 16.5. The molecule has 1 atom stereocenters. The lowest BCUT2D eigenvalue weighted by molar-refractivity contribution is 0.205. The lowest BCUT2D eigenvalue weighted by atomic mass is 9.94. The fourth-order valence-electron chi connectivity index (χ4n) is 4.02. The number of rotatable bonds is 8. The van der Waals surface area contributed by atoms with Gasteiger partial charge in [-0.15, -0.1) is 11.8 Å². The number of aromatic nitrogens is 2. The summed E-state index contributed by atoms with van der Waals surface area (Å²) in [5.74, 6) is 1.98. The van der Waals surface area contributed by atoms with E-state index >= 15 is 0 Å². The van der Waals surface area contributed by atoms with E-state index in [1.165, 1.54) is 0 Å². The molecule has 4 rings (SSSR count). The van der Waals surface area contributed by atoms with E-state index in [1.807, 2.05) is 50.4 Å². The third-order valence-electron chi connectivity index (χ3n) is 5.79. The van der Waals surface area contributed by atoms with Gasteiger partial charge in [-0.3, -0.25) is 4.90 Å². The first kappa shape index (κ1) is 23.7. The molecule has 34 heavy (non-hydrogen) atoms. The topological polar surface area (TPSA) is 89.7 Å². The third kappa shape index (κ3) is 4.48. The molecular weight excluding hydrogens is 452 g/mol. The third-order valence-corrected chi connectivity index (χ3v) is 6.53. The van der Waals surface area contributed by atoms with Gasteiger partial charge in [0.1, 0.15) is 0 Å². The maximum absolute atomic E-state index is 12.9. The van der Waals surface area contributed by atoms with Crippen molar-refractivity contribution in [2.24, 2.45) is 0 Å². The molecule has 2 heterocycles. The molecule has 1 aliphatic heterocycles. The zero-order valence-electron chi connectivity index (χ0n) is 19.9. The molecule has 2 aromatic carbocycles. The van der Waals surface area contributed by atoms with Gasteiger partial charge in [0.2, 0.25) is 5.82 Å². The van der Waals surface area contributed by atoms with Crippen molar-refractivity contribution in [3.05, 3.63) is 59.6 Å². The minimum Gasteiger partial charge on any atom is -0.493 e. The van der Waals surface area contributed by atoms with Gasteiger partial charge in [-0.25, -0.2) is 4.79 Å². The van der Waals surface area contributed by atoms with Gasteiger partial charge in [0.25, 0.3) is 5.89 Å². The van der Waals surface area contributed by atoms with Crippen LogP contribution in [0.2, 0.25) is 0 Å². The summed E-state index contributed by atoms with van der Waals surface area (Å²) in [6, 6.07) is 13.0. The van der Waals surface area contributed by atoms with Crippen LogP contribution in [0.15, 0.2) is 57.6 Å². The molecule has 2 amide bonds. The number of hydrogen-bond acceptors (Lipinski definition) is 7. The van der Waals surface area contributed by atoms with Crippen LogP contribution in [0, 0.1) is 0 Å². The lowest BCUT2D eigenvalue weighted by Gasteiger charge is -2.35. The summed E-state index contributed by atoms with van der Waals surface area (Å²) in [5, 5.41) is 7.35. The number of carbonyl (C=O) groups excluding carboxylic acids is 1. The van der Waals surface area contributed by atoms with Gasteiger partial charge in [-0.2, -0.15) is 4.98 Å². The molecule has 1 N–H and O–H groups in total. The normalized spacial score (nSPS) is 16.0. The highest BCUT2D eigenvalue weighted by Crippen LogP contribution is 2.38. The van der Waals surface area contributed by atoms with Crippen LogP contribution in [-0.2, 0) is 0 Å². The van der Waals surface area contributed by atoms with E-state index in [0.717, 1.165) is 33.7 Å². The fraction of sp³-hybridized carbons (Fsp3) is 0.320. The summed E-state index contributed by atoms with van der Waals surface area (Å²) in [6.07, 6.45) is 2.86. The average molecular weight is 481 g/mol. The van der Waals surface area contributed by atoms with Crippen LogP contribution in [0.25, 0.3) is 17.0 Å². The minimum atomic E-state index is -0.407. The summed E-state index contributed by atoms with van der Waals surface area (Å²) >= 11 is 1.67. The highest BCUT2D eigenvalue weighted by Gasteiger charge is 2.35. The van der Waals surface area contributed by atoms with E-state index in [2.05, 4.69) is 10.5 Å². The molecule has 0 spiro atoms. The molecule has 0 saturated carbocycles. The number of thioether (sulfide) groups is 1. The van der Waals surface area contributed by atoms with Crippen LogP contribution < -0.4 is 14.8 Å². The highest BCUT2D eigenvalue weighted by atomic mass is 32.2. The van der Waals surface area contributed by atoms with Gasteiger partial charge < -0.3 is 19.3 Å². The Kier molecular flexibility index (Phi) is 7.12. The molecule has 0 fully saturated rings. The van der Waals surface area contributed by atoms with Crippen molar-refractivity contribution in [1.29, 1.82) is 0 Å². The molecule has 178 valence electrons. The molecular formula is C25H28N4O4S. The van der Waals surface area contributed by atoms with Crippen LogP contribution in [0.3, 0.4) is 0 Å². The Hall–Kier alpha value is -3.46. The Labute approximate surface area is 203 Å². The second-order valence-corrected chi connectivity index (χ2v) is 8.68. The van der Waals surface area contributed by atoms with Crippen molar-refractivity contribution >= 4 is 23.4 Å². The quantitative estimate of drug-likeness (QED) is 0.433. The Bertz CT molecular complexity index is 1210. The van der Waals surface area contributed by atoms with Gasteiger partial charge in [-0.1, -0.05) is 24.2 Å². The Morgan fingerprint density at radius 1 is 1.12 bits per heavy atom. The standard InChI is InChI=1S/C25H28N4O4S/c1-6-13-29-15(2)21(22(26-25(29)30)16-7-10-18(34-5)11-8-16)24-27-23(28-33-24)17-9-12-19(31-3)20(14-17)32-4/h7-12,14,22H,6,13H2,1-5H3,(H,26,30). The van der Waals surface area contributed by atoms with Crippen molar-refractivity contribution in [1.82, 2.24) is 20.4 Å². The molecule has 0 bridgehead atoms. The molecule has 9 heteroatoms. The van der Waals surface area contributed by atoms with Crippen molar-refractivity contribution in [3.63, 3.8) is 0 Å². The molecule has 0 saturated heterocycles. The Morgan fingerprint density at radius 3 is 2.50 bits per heavy atom. The van der Waals surface area contributed by atoms with Gasteiger partial charge >= 0.3 is 6.03 Å². The molecule has 0 aliphatic carbocycles. The number of urea groups is 1. The smallest absolute Gasteiger partial charge is 0.322 e. The van der Waals surface area contributed by atoms with E-state index in [9.17, 15) is 4.79 Å². The molecule has 8 nitrogen and oxygen atoms in total. The number of nitrogens with one attached hydrogen (secondary N) is 1. The monoisotopic (exact) mass is 480 g/mol. The predicted molar refractivity (Wildman–Crippen MR) is 132 cm³/mol. The van der Waals surface area contributed by atoms with Crippen molar-refractivity contribution < 1.29 is 18.8 Å². The Balaban J connectivity index is 1.78. The molecule has 3 aromatic rings. The zero-order chi connectivity index (χ0) is 24.2. The van der Waals surface area contributed by atoms with Crippen molar-refractivity contribution in [3.8, 4) is 22.9 Å². The largest absolute Gasteiger partial charge is 0.493 e. The van der Waals surface area contributed by atoms with Crippen molar-refractivity contribution in [2.75, 3.05) is 27.0 Å². The summed E-state index contributed by atoms with van der Waals surface area (Å²) in [4.78, 5) is 20.5. The van der Waals surface area contributed by atoms with Gasteiger partial charge in [0, 0.05) is 22.7 Å². The second-order valence-electron chi connectivity index (χ2n) is 7.80. The number of carbonyl (C=O) groups is 1.